The summed E-state index contributed by atoms with van der Waals surface area (Å²) in [6, 6.07) is 15.5. The van der Waals surface area contributed by atoms with Crippen LogP contribution in [-0.4, -0.2) is 38.4 Å². The standard InChI is InChI=1S/C23H25N5O/c1-3-27(4-2)14-17-12-13-28(15-17)19-10-8-18(9-11-19)26-23(29)20-6-5-7-21-22(20)25-16-24-21/h5-13,15-16H,3-4,14H2,1-2H3,(H,24,25)(H,26,29). The number of imidazole rings is 1. The maximum Gasteiger partial charge on any atom is 0.257 e. The maximum atomic E-state index is 12.7. The number of fused-ring (bicyclic) bond motifs is 1. The predicted octanol–water partition coefficient (Wildman–Crippen LogP) is 4.45. The second-order valence-electron chi connectivity index (χ2n) is 6.99. The number of hydrogen-bond acceptors (Lipinski definition) is 3. The van der Waals surface area contributed by atoms with Gasteiger partial charge in [-0.15, -0.1) is 0 Å². The zero-order valence-electron chi connectivity index (χ0n) is 16.7. The lowest BCUT2D eigenvalue weighted by Gasteiger charge is -2.16. The number of nitrogens with one attached hydrogen (secondary N) is 2. The molecule has 1 amide bonds. The molecule has 2 aromatic heterocycles. The Labute approximate surface area is 170 Å². The number of rotatable bonds is 7. The van der Waals surface area contributed by atoms with Crippen molar-refractivity contribution in [2.45, 2.75) is 20.4 Å². The average molecular weight is 387 g/mol. The van der Waals surface area contributed by atoms with Crippen LogP contribution in [0.4, 0.5) is 5.69 Å². The molecule has 4 rings (SSSR count). The highest BCUT2D eigenvalue weighted by Gasteiger charge is 2.12. The maximum absolute atomic E-state index is 12.7. The third-order valence-corrected chi connectivity index (χ3v) is 5.17. The first-order valence-corrected chi connectivity index (χ1v) is 9.91. The van der Waals surface area contributed by atoms with Crippen LogP contribution in [0.15, 0.2) is 67.3 Å². The molecule has 4 aromatic rings. The summed E-state index contributed by atoms with van der Waals surface area (Å²) in [5, 5.41) is 2.96. The van der Waals surface area contributed by atoms with Gasteiger partial charge in [0.25, 0.3) is 5.91 Å². The van der Waals surface area contributed by atoms with E-state index in [2.05, 4.69) is 57.1 Å². The molecule has 29 heavy (non-hydrogen) atoms. The Morgan fingerprint density at radius 2 is 1.90 bits per heavy atom. The average Bonchev–Trinajstić information content (AvgIpc) is 3.41. The lowest BCUT2D eigenvalue weighted by atomic mass is 10.1. The fourth-order valence-corrected chi connectivity index (χ4v) is 3.46. The number of carbonyl (C=O) groups is 1. The lowest BCUT2D eigenvalue weighted by Crippen LogP contribution is -2.21. The molecule has 0 radical (unpaired) electrons. The van der Waals surface area contributed by atoms with Crippen LogP contribution in [0, 0.1) is 0 Å². The van der Waals surface area contributed by atoms with E-state index in [0.717, 1.165) is 36.5 Å². The molecule has 0 unspecified atom stereocenters. The number of anilines is 1. The minimum absolute atomic E-state index is 0.169. The van der Waals surface area contributed by atoms with E-state index in [1.807, 2.05) is 36.4 Å². The summed E-state index contributed by atoms with van der Waals surface area (Å²) < 4.78 is 2.11. The molecular formula is C23H25N5O. The van der Waals surface area contributed by atoms with Crippen molar-refractivity contribution in [3.63, 3.8) is 0 Å². The summed E-state index contributed by atoms with van der Waals surface area (Å²) in [6.45, 7) is 7.40. The van der Waals surface area contributed by atoms with Gasteiger partial charge in [0.05, 0.1) is 17.4 Å². The van der Waals surface area contributed by atoms with Crippen molar-refractivity contribution >= 4 is 22.6 Å². The van der Waals surface area contributed by atoms with Crippen LogP contribution < -0.4 is 5.32 Å². The molecule has 0 spiro atoms. The van der Waals surface area contributed by atoms with Crippen molar-refractivity contribution in [2.75, 3.05) is 18.4 Å². The predicted molar refractivity (Wildman–Crippen MR) is 116 cm³/mol. The van der Waals surface area contributed by atoms with Crippen molar-refractivity contribution in [1.29, 1.82) is 0 Å². The van der Waals surface area contributed by atoms with E-state index >= 15 is 0 Å². The minimum atomic E-state index is -0.169. The third-order valence-electron chi connectivity index (χ3n) is 5.17. The molecule has 148 valence electrons. The molecule has 0 atom stereocenters. The summed E-state index contributed by atoms with van der Waals surface area (Å²) in [4.78, 5) is 22.3. The van der Waals surface area contributed by atoms with Gasteiger partial charge in [0.15, 0.2) is 0 Å². The van der Waals surface area contributed by atoms with Crippen molar-refractivity contribution < 1.29 is 4.79 Å². The molecule has 0 bridgehead atoms. The molecule has 0 aliphatic rings. The fraction of sp³-hybridized carbons (Fsp3) is 0.217. The summed E-state index contributed by atoms with van der Waals surface area (Å²) in [7, 11) is 0. The molecule has 0 aliphatic heterocycles. The normalized spacial score (nSPS) is 11.3. The van der Waals surface area contributed by atoms with Gasteiger partial charge in [-0.05, 0) is 61.1 Å². The van der Waals surface area contributed by atoms with Gasteiger partial charge in [-0.25, -0.2) is 4.98 Å². The highest BCUT2D eigenvalue weighted by Crippen LogP contribution is 2.19. The zero-order chi connectivity index (χ0) is 20.2. The summed E-state index contributed by atoms with van der Waals surface area (Å²) in [5.41, 5.74) is 5.18. The van der Waals surface area contributed by atoms with Crippen LogP contribution >= 0.6 is 0 Å². The number of aromatic amines is 1. The quantitative estimate of drug-likeness (QED) is 0.492. The van der Waals surface area contributed by atoms with E-state index in [0.29, 0.717) is 11.1 Å². The van der Waals surface area contributed by atoms with Crippen LogP contribution in [0.2, 0.25) is 0 Å². The van der Waals surface area contributed by atoms with Crippen LogP contribution in [-0.2, 0) is 6.54 Å². The summed E-state index contributed by atoms with van der Waals surface area (Å²) in [6.07, 6.45) is 5.83. The Bertz CT molecular complexity index is 1110. The van der Waals surface area contributed by atoms with Crippen molar-refractivity contribution in [2.24, 2.45) is 0 Å². The monoisotopic (exact) mass is 387 g/mol. The largest absolute Gasteiger partial charge is 0.345 e. The number of carbonyl (C=O) groups excluding carboxylic acids is 1. The second kappa shape index (κ2) is 8.32. The molecule has 2 aromatic carbocycles. The molecule has 0 saturated heterocycles. The fourth-order valence-electron chi connectivity index (χ4n) is 3.46. The summed E-state index contributed by atoms with van der Waals surface area (Å²) in [5.74, 6) is -0.169. The van der Waals surface area contributed by atoms with Gasteiger partial charge in [-0.3, -0.25) is 9.69 Å². The third kappa shape index (κ3) is 4.07. The minimum Gasteiger partial charge on any atom is -0.345 e. The van der Waals surface area contributed by atoms with Gasteiger partial charge in [0.1, 0.15) is 5.52 Å². The number of aromatic nitrogens is 3. The topological polar surface area (TPSA) is 65.9 Å². The van der Waals surface area contributed by atoms with E-state index in [9.17, 15) is 4.79 Å². The van der Waals surface area contributed by atoms with Gasteiger partial charge >= 0.3 is 0 Å². The molecule has 2 heterocycles. The van der Waals surface area contributed by atoms with Crippen molar-refractivity contribution in [1.82, 2.24) is 19.4 Å². The van der Waals surface area contributed by atoms with Gasteiger partial charge < -0.3 is 14.9 Å². The smallest absolute Gasteiger partial charge is 0.257 e. The number of hydrogen-bond donors (Lipinski definition) is 2. The van der Waals surface area contributed by atoms with Gasteiger partial charge in [0.2, 0.25) is 0 Å². The second-order valence-corrected chi connectivity index (χ2v) is 6.99. The zero-order valence-corrected chi connectivity index (χ0v) is 16.7. The lowest BCUT2D eigenvalue weighted by molar-refractivity contribution is 0.102. The highest BCUT2D eigenvalue weighted by molar-refractivity contribution is 6.11. The number of para-hydroxylation sites is 1. The number of nitrogens with zero attached hydrogens (tertiary/aromatic N) is 3. The summed E-state index contributed by atoms with van der Waals surface area (Å²) >= 11 is 0. The Morgan fingerprint density at radius 3 is 2.66 bits per heavy atom. The molecule has 0 aliphatic carbocycles. The molecule has 0 saturated carbocycles. The first-order valence-electron chi connectivity index (χ1n) is 9.91. The molecule has 2 N–H and O–H groups in total. The van der Waals surface area contributed by atoms with E-state index in [-0.39, 0.29) is 5.91 Å². The Hall–Kier alpha value is -3.38. The number of amides is 1. The Balaban J connectivity index is 1.46. The SMILES string of the molecule is CCN(CC)Cc1ccn(-c2ccc(NC(=O)c3cccc4[nH]cnc34)cc2)c1. The highest BCUT2D eigenvalue weighted by atomic mass is 16.1. The van der Waals surface area contributed by atoms with Gasteiger partial charge in [-0.1, -0.05) is 19.9 Å². The van der Waals surface area contributed by atoms with Crippen LogP contribution in [0.3, 0.4) is 0 Å². The molecular weight excluding hydrogens is 362 g/mol. The number of benzene rings is 2. The first kappa shape index (κ1) is 19.0. The number of H-pyrrole nitrogens is 1. The van der Waals surface area contributed by atoms with E-state index in [1.54, 1.807) is 12.4 Å². The van der Waals surface area contributed by atoms with E-state index in [1.165, 1.54) is 5.56 Å². The molecule has 6 heteroatoms. The van der Waals surface area contributed by atoms with E-state index in [4.69, 9.17) is 0 Å². The Morgan fingerprint density at radius 1 is 1.10 bits per heavy atom. The first-order chi connectivity index (χ1) is 14.2. The van der Waals surface area contributed by atoms with E-state index < -0.39 is 0 Å². The van der Waals surface area contributed by atoms with Crippen LogP contribution in [0.1, 0.15) is 29.8 Å². The van der Waals surface area contributed by atoms with Crippen LogP contribution in [0.5, 0.6) is 0 Å². The van der Waals surface area contributed by atoms with Gasteiger partial charge in [0, 0.05) is 30.3 Å². The van der Waals surface area contributed by atoms with Crippen LogP contribution in [0.25, 0.3) is 16.7 Å². The Kier molecular flexibility index (Phi) is 5.44. The molecule has 6 nitrogen and oxygen atoms in total. The van der Waals surface area contributed by atoms with Crippen molar-refractivity contribution in [3.8, 4) is 5.69 Å². The van der Waals surface area contributed by atoms with Gasteiger partial charge in [-0.2, -0.15) is 0 Å². The van der Waals surface area contributed by atoms with Crippen molar-refractivity contribution in [3.05, 3.63) is 78.4 Å². The molecule has 0 fully saturated rings.